The Labute approximate surface area is 199 Å². The van der Waals surface area contributed by atoms with Crippen molar-refractivity contribution in [3.63, 3.8) is 0 Å². The third kappa shape index (κ3) is 4.96. The summed E-state index contributed by atoms with van der Waals surface area (Å²) in [4.78, 5) is 26.5. The Morgan fingerprint density at radius 2 is 1.65 bits per heavy atom. The third-order valence-electron chi connectivity index (χ3n) is 5.96. The van der Waals surface area contributed by atoms with E-state index in [1.807, 2.05) is 81.4 Å². The third-order valence-corrected chi connectivity index (χ3v) is 5.96. The Balaban J connectivity index is 1.69. The topological polar surface area (TPSA) is 72.4 Å². The molecule has 0 aliphatic heterocycles. The molecule has 0 fully saturated rings. The van der Waals surface area contributed by atoms with Crippen molar-refractivity contribution in [3.05, 3.63) is 99.3 Å². The van der Waals surface area contributed by atoms with Crippen molar-refractivity contribution < 1.29 is 9.53 Å². The fraction of sp³-hybridized carbons (Fsp3) is 0.214. The second kappa shape index (κ2) is 9.83. The number of hydrogen-bond donors (Lipinski definition) is 2. The molecular weight excluding hydrogens is 426 g/mol. The highest BCUT2D eigenvalue weighted by atomic mass is 16.5. The lowest BCUT2D eigenvalue weighted by molar-refractivity contribution is -0.116. The minimum atomic E-state index is -0.257. The van der Waals surface area contributed by atoms with Crippen LogP contribution in [-0.2, 0) is 17.9 Å². The molecule has 4 rings (SSSR count). The predicted molar refractivity (Wildman–Crippen MR) is 138 cm³/mol. The summed E-state index contributed by atoms with van der Waals surface area (Å²) in [5, 5.41) is 7.16. The molecule has 0 atom stereocenters. The molecule has 1 aromatic heterocycles. The molecule has 0 bridgehead atoms. The van der Waals surface area contributed by atoms with Crippen molar-refractivity contribution >= 4 is 28.2 Å². The summed E-state index contributed by atoms with van der Waals surface area (Å²) in [7, 11) is 1.58. The summed E-state index contributed by atoms with van der Waals surface area (Å²) in [5.41, 5.74) is 5.85. The molecule has 0 aliphatic rings. The quantitative estimate of drug-likeness (QED) is 0.402. The van der Waals surface area contributed by atoms with Crippen LogP contribution < -0.4 is 20.9 Å². The monoisotopic (exact) mass is 455 g/mol. The number of anilines is 2. The number of fused-ring (bicyclic) bond motifs is 1. The van der Waals surface area contributed by atoms with Gasteiger partial charge in [0.25, 0.3) is 5.56 Å². The SMILES string of the molecule is COc1ccc2cc(CNc3ccc(C)cc3)c(=O)n(CC(=O)Nc3c(C)cccc3C)c2c1. The first-order chi connectivity index (χ1) is 16.4. The van der Waals surface area contributed by atoms with E-state index in [0.29, 0.717) is 23.4 Å². The van der Waals surface area contributed by atoms with Crippen LogP contribution >= 0.6 is 0 Å². The maximum atomic E-state index is 13.5. The second-order valence-corrected chi connectivity index (χ2v) is 8.52. The largest absolute Gasteiger partial charge is 0.497 e. The number of methoxy groups -OCH3 is 1. The van der Waals surface area contributed by atoms with Gasteiger partial charge in [0.15, 0.2) is 0 Å². The van der Waals surface area contributed by atoms with E-state index >= 15 is 0 Å². The summed E-state index contributed by atoms with van der Waals surface area (Å²) < 4.78 is 6.89. The van der Waals surface area contributed by atoms with Crippen LogP contribution in [0.2, 0.25) is 0 Å². The van der Waals surface area contributed by atoms with Crippen LogP contribution in [-0.4, -0.2) is 17.6 Å². The molecule has 34 heavy (non-hydrogen) atoms. The number of ether oxygens (including phenoxy) is 1. The molecule has 1 heterocycles. The molecule has 0 aliphatic carbocycles. The number of hydrogen-bond acceptors (Lipinski definition) is 4. The van der Waals surface area contributed by atoms with Gasteiger partial charge in [-0.15, -0.1) is 0 Å². The van der Waals surface area contributed by atoms with E-state index in [1.54, 1.807) is 13.2 Å². The molecule has 0 unspecified atom stereocenters. The van der Waals surface area contributed by atoms with Gasteiger partial charge in [-0.05, 0) is 67.6 Å². The van der Waals surface area contributed by atoms with Crippen LogP contribution in [0, 0.1) is 20.8 Å². The van der Waals surface area contributed by atoms with Crippen molar-refractivity contribution in [2.24, 2.45) is 0 Å². The maximum Gasteiger partial charge on any atom is 0.256 e. The van der Waals surface area contributed by atoms with Gasteiger partial charge < -0.3 is 15.4 Å². The number of aryl methyl sites for hydroxylation is 3. The molecule has 0 spiro atoms. The minimum Gasteiger partial charge on any atom is -0.497 e. The van der Waals surface area contributed by atoms with E-state index in [-0.39, 0.29) is 18.0 Å². The normalized spacial score (nSPS) is 10.8. The molecule has 0 saturated carbocycles. The highest BCUT2D eigenvalue weighted by Gasteiger charge is 2.15. The van der Waals surface area contributed by atoms with Gasteiger partial charge in [0, 0.05) is 29.5 Å². The van der Waals surface area contributed by atoms with Gasteiger partial charge in [0.05, 0.1) is 12.6 Å². The van der Waals surface area contributed by atoms with Crippen molar-refractivity contribution in [3.8, 4) is 5.75 Å². The minimum absolute atomic E-state index is 0.103. The van der Waals surface area contributed by atoms with E-state index < -0.39 is 0 Å². The Kier molecular flexibility index (Phi) is 6.68. The van der Waals surface area contributed by atoms with Gasteiger partial charge in [-0.1, -0.05) is 35.9 Å². The number of nitrogens with one attached hydrogen (secondary N) is 2. The molecule has 174 valence electrons. The maximum absolute atomic E-state index is 13.5. The van der Waals surface area contributed by atoms with E-state index in [9.17, 15) is 9.59 Å². The highest BCUT2D eigenvalue weighted by Crippen LogP contribution is 2.22. The Morgan fingerprint density at radius 3 is 2.32 bits per heavy atom. The number of carbonyl (C=O) groups is 1. The van der Waals surface area contributed by atoms with Crippen molar-refractivity contribution in [1.29, 1.82) is 0 Å². The number of aromatic nitrogens is 1. The number of pyridine rings is 1. The summed E-state index contributed by atoms with van der Waals surface area (Å²) in [5.74, 6) is 0.369. The first kappa shape index (κ1) is 23.1. The van der Waals surface area contributed by atoms with Crippen molar-refractivity contribution in [2.45, 2.75) is 33.9 Å². The van der Waals surface area contributed by atoms with Gasteiger partial charge >= 0.3 is 0 Å². The zero-order chi connectivity index (χ0) is 24.2. The molecular formula is C28H29N3O3. The Morgan fingerprint density at radius 1 is 0.941 bits per heavy atom. The van der Waals surface area contributed by atoms with Gasteiger partial charge in [-0.3, -0.25) is 14.2 Å². The van der Waals surface area contributed by atoms with Crippen molar-refractivity contribution in [1.82, 2.24) is 4.57 Å². The van der Waals surface area contributed by atoms with Crippen LogP contribution in [0.4, 0.5) is 11.4 Å². The number of para-hydroxylation sites is 1. The molecule has 6 nitrogen and oxygen atoms in total. The highest BCUT2D eigenvalue weighted by molar-refractivity contribution is 5.93. The van der Waals surface area contributed by atoms with Crippen molar-refractivity contribution in [2.75, 3.05) is 17.7 Å². The number of benzene rings is 3. The Bertz CT molecular complexity index is 1390. The predicted octanol–water partition coefficient (Wildman–Crippen LogP) is 5.19. The molecule has 3 aromatic carbocycles. The van der Waals surface area contributed by atoms with Gasteiger partial charge in [-0.2, -0.15) is 0 Å². The second-order valence-electron chi connectivity index (χ2n) is 8.52. The number of nitrogens with zero attached hydrogens (tertiary/aromatic N) is 1. The summed E-state index contributed by atoms with van der Waals surface area (Å²) in [6.45, 7) is 6.18. The van der Waals surface area contributed by atoms with Crippen LogP contribution in [0.25, 0.3) is 10.9 Å². The zero-order valence-electron chi connectivity index (χ0n) is 19.9. The van der Waals surface area contributed by atoms with Gasteiger partial charge in [0.2, 0.25) is 5.91 Å². The molecule has 1 amide bonds. The van der Waals surface area contributed by atoms with Crippen LogP contribution in [0.1, 0.15) is 22.3 Å². The fourth-order valence-corrected chi connectivity index (χ4v) is 4.02. The molecule has 0 saturated heterocycles. The van der Waals surface area contributed by atoms with E-state index in [4.69, 9.17) is 4.74 Å². The number of rotatable bonds is 7. The molecule has 6 heteroatoms. The average molecular weight is 456 g/mol. The molecule has 4 aromatic rings. The number of amides is 1. The van der Waals surface area contributed by atoms with Crippen LogP contribution in [0.15, 0.2) is 71.5 Å². The standard InChI is InChI=1S/C28H29N3O3/c1-18-8-11-23(12-9-18)29-16-22-14-21-10-13-24(34-4)15-25(21)31(28(22)33)17-26(32)30-27-19(2)6-5-7-20(27)3/h5-15,29H,16-17H2,1-4H3,(H,30,32). The molecule has 0 radical (unpaired) electrons. The summed E-state index contributed by atoms with van der Waals surface area (Å²) in [6, 6.07) is 21.3. The van der Waals surface area contributed by atoms with Crippen LogP contribution in [0.5, 0.6) is 5.75 Å². The lowest BCUT2D eigenvalue weighted by atomic mass is 10.1. The lowest BCUT2D eigenvalue weighted by Gasteiger charge is -2.16. The zero-order valence-corrected chi connectivity index (χ0v) is 19.9. The molecule has 2 N–H and O–H groups in total. The average Bonchev–Trinajstić information content (AvgIpc) is 2.83. The summed E-state index contributed by atoms with van der Waals surface area (Å²) in [6.07, 6.45) is 0. The fourth-order valence-electron chi connectivity index (χ4n) is 4.02. The lowest BCUT2D eigenvalue weighted by Crippen LogP contribution is -2.31. The van der Waals surface area contributed by atoms with E-state index in [0.717, 1.165) is 27.9 Å². The first-order valence-corrected chi connectivity index (χ1v) is 11.2. The summed E-state index contributed by atoms with van der Waals surface area (Å²) >= 11 is 0. The van der Waals surface area contributed by atoms with E-state index in [2.05, 4.69) is 10.6 Å². The Hall–Kier alpha value is -4.06. The van der Waals surface area contributed by atoms with Crippen LogP contribution in [0.3, 0.4) is 0 Å². The van der Waals surface area contributed by atoms with Gasteiger partial charge in [-0.25, -0.2) is 0 Å². The van der Waals surface area contributed by atoms with Gasteiger partial charge in [0.1, 0.15) is 12.3 Å². The van der Waals surface area contributed by atoms with E-state index in [1.165, 1.54) is 10.1 Å². The smallest absolute Gasteiger partial charge is 0.256 e. The number of carbonyl (C=O) groups excluding carboxylic acids is 1. The first-order valence-electron chi connectivity index (χ1n) is 11.2.